The van der Waals surface area contributed by atoms with Crippen molar-refractivity contribution in [2.75, 3.05) is 0 Å². The lowest BCUT2D eigenvalue weighted by Gasteiger charge is -2.38. The van der Waals surface area contributed by atoms with Gasteiger partial charge in [-0.25, -0.2) is 4.52 Å². The molecule has 0 aliphatic heterocycles. The third kappa shape index (κ3) is 2.70. The Bertz CT molecular complexity index is 1020. The first-order valence-electron chi connectivity index (χ1n) is 8.49. The molecule has 3 aromatic rings. The summed E-state index contributed by atoms with van der Waals surface area (Å²) in [6.45, 7) is 1.87. The highest BCUT2D eigenvalue weighted by molar-refractivity contribution is 6.00. The number of hydrogen-bond donors (Lipinski definition) is 3. The lowest BCUT2D eigenvalue weighted by molar-refractivity contribution is -0.0456. The smallest absolute Gasteiger partial charge is 0.259 e. The van der Waals surface area contributed by atoms with Gasteiger partial charge in [0, 0.05) is 6.04 Å². The quantitative estimate of drug-likeness (QED) is 0.672. The number of nitrogens with one attached hydrogen (secondary N) is 2. The molecule has 1 fully saturated rings. The Balaban J connectivity index is 1.65. The van der Waals surface area contributed by atoms with E-state index in [1.807, 2.05) is 13.0 Å². The number of aliphatic hydroxyl groups is 1. The topological polar surface area (TPSA) is 99.5 Å². The molecule has 1 atom stereocenters. The van der Waals surface area contributed by atoms with E-state index in [2.05, 4.69) is 15.4 Å². The van der Waals surface area contributed by atoms with Crippen molar-refractivity contribution >= 4 is 22.5 Å². The number of hydrogen-bond acceptors (Lipinski definition) is 4. The lowest BCUT2D eigenvalue weighted by atomic mass is 9.76. The number of benzene rings is 1. The number of aromatic nitrogens is 3. The summed E-state index contributed by atoms with van der Waals surface area (Å²) in [5.41, 5.74) is 0.427. The van der Waals surface area contributed by atoms with E-state index in [1.54, 1.807) is 22.7 Å². The van der Waals surface area contributed by atoms with Crippen LogP contribution in [0.1, 0.15) is 43.0 Å². The second kappa shape index (κ2) is 5.70. The van der Waals surface area contributed by atoms with Gasteiger partial charge in [0.25, 0.3) is 11.5 Å². The molecule has 1 aromatic carbocycles. The fourth-order valence-corrected chi connectivity index (χ4v) is 3.55. The number of carbonyl (C=O) groups is 1. The van der Waals surface area contributed by atoms with E-state index in [9.17, 15) is 14.7 Å². The highest BCUT2D eigenvalue weighted by Crippen LogP contribution is 2.35. The summed E-state index contributed by atoms with van der Waals surface area (Å²) in [7, 11) is 0. The van der Waals surface area contributed by atoms with Crippen LogP contribution < -0.4 is 10.9 Å². The Morgan fingerprint density at radius 1 is 1.44 bits per heavy atom. The average molecular weight is 340 g/mol. The van der Waals surface area contributed by atoms with E-state index in [1.165, 1.54) is 6.20 Å². The number of H-pyrrole nitrogens is 1. The van der Waals surface area contributed by atoms with Gasteiger partial charge in [0.15, 0.2) is 0 Å². The summed E-state index contributed by atoms with van der Waals surface area (Å²) in [4.78, 5) is 27.6. The second-order valence-electron chi connectivity index (χ2n) is 6.95. The summed E-state index contributed by atoms with van der Waals surface area (Å²) in [5, 5.41) is 17.9. The van der Waals surface area contributed by atoms with E-state index in [0.717, 1.165) is 19.3 Å². The van der Waals surface area contributed by atoms with Crippen molar-refractivity contribution in [3.05, 3.63) is 46.4 Å². The molecule has 2 aromatic heterocycles. The number of para-hydroxylation sites is 1. The monoisotopic (exact) mass is 340 g/mol. The Kier molecular flexibility index (Phi) is 3.61. The third-order valence-corrected chi connectivity index (χ3v) is 4.97. The molecule has 3 N–H and O–H groups in total. The van der Waals surface area contributed by atoms with Gasteiger partial charge in [-0.15, -0.1) is 0 Å². The molecule has 4 rings (SSSR count). The van der Waals surface area contributed by atoms with Crippen molar-refractivity contribution in [2.45, 2.75) is 44.2 Å². The highest BCUT2D eigenvalue weighted by atomic mass is 16.3. The summed E-state index contributed by atoms with van der Waals surface area (Å²) in [6.07, 6.45) is 4.57. The molecule has 0 spiro atoms. The van der Waals surface area contributed by atoms with Crippen LogP contribution >= 0.6 is 0 Å². The lowest BCUT2D eigenvalue weighted by Crippen LogP contribution is -2.44. The fourth-order valence-electron chi connectivity index (χ4n) is 3.55. The molecule has 2 heterocycles. The molecule has 1 unspecified atom stereocenters. The second-order valence-corrected chi connectivity index (χ2v) is 6.95. The standard InChI is InChI=1S/C18H20N4O3/c1-11(9-18(25)7-4-8-18)20-17(24)13-10-19-22-14-6-3-2-5-12(14)16(23)21-15(13)22/h2-3,5-6,10-11,25H,4,7-9H2,1H3,(H,20,24)(H,21,23). The zero-order chi connectivity index (χ0) is 17.6. The van der Waals surface area contributed by atoms with E-state index in [4.69, 9.17) is 0 Å². The van der Waals surface area contributed by atoms with Crippen molar-refractivity contribution in [3.8, 4) is 0 Å². The van der Waals surface area contributed by atoms with Gasteiger partial charge in [0.1, 0.15) is 11.2 Å². The van der Waals surface area contributed by atoms with Crippen LogP contribution in [0.5, 0.6) is 0 Å². The van der Waals surface area contributed by atoms with Crippen LogP contribution in [-0.2, 0) is 0 Å². The van der Waals surface area contributed by atoms with Crippen LogP contribution in [0.15, 0.2) is 35.3 Å². The average Bonchev–Trinajstić information content (AvgIpc) is 2.97. The first-order valence-corrected chi connectivity index (χ1v) is 8.49. The number of carbonyl (C=O) groups excluding carboxylic acids is 1. The zero-order valence-corrected chi connectivity index (χ0v) is 14.0. The number of aromatic amines is 1. The van der Waals surface area contributed by atoms with Crippen LogP contribution in [0, 0.1) is 0 Å². The number of fused-ring (bicyclic) bond motifs is 3. The van der Waals surface area contributed by atoms with Gasteiger partial charge in [-0.2, -0.15) is 5.10 Å². The molecule has 1 aliphatic carbocycles. The van der Waals surface area contributed by atoms with Gasteiger partial charge in [0.05, 0.1) is 22.7 Å². The number of rotatable bonds is 4. The van der Waals surface area contributed by atoms with Crippen LogP contribution in [0.2, 0.25) is 0 Å². The Morgan fingerprint density at radius 2 is 2.20 bits per heavy atom. The number of amides is 1. The first-order chi connectivity index (χ1) is 12.0. The Labute approximate surface area is 143 Å². The molecule has 1 amide bonds. The van der Waals surface area contributed by atoms with Crippen molar-refractivity contribution in [2.24, 2.45) is 0 Å². The van der Waals surface area contributed by atoms with Gasteiger partial charge < -0.3 is 15.4 Å². The van der Waals surface area contributed by atoms with Crippen molar-refractivity contribution in [1.29, 1.82) is 0 Å². The minimum atomic E-state index is -0.654. The predicted octanol–water partition coefficient (Wildman–Crippen LogP) is 1.60. The minimum Gasteiger partial charge on any atom is -0.390 e. The van der Waals surface area contributed by atoms with Gasteiger partial charge >= 0.3 is 0 Å². The van der Waals surface area contributed by atoms with E-state index in [-0.39, 0.29) is 17.5 Å². The number of nitrogens with zero attached hydrogens (tertiary/aromatic N) is 2. The maximum atomic E-state index is 12.6. The molecule has 7 nitrogen and oxygen atoms in total. The van der Waals surface area contributed by atoms with Crippen LogP contribution in [-0.4, -0.2) is 37.3 Å². The first kappa shape index (κ1) is 15.8. The Hall–Kier alpha value is -2.67. The van der Waals surface area contributed by atoms with Crippen molar-refractivity contribution in [3.63, 3.8) is 0 Å². The molecule has 130 valence electrons. The van der Waals surface area contributed by atoms with Crippen LogP contribution in [0.4, 0.5) is 0 Å². The summed E-state index contributed by atoms with van der Waals surface area (Å²) in [6, 6.07) is 6.95. The molecule has 1 saturated carbocycles. The van der Waals surface area contributed by atoms with E-state index < -0.39 is 5.60 Å². The summed E-state index contributed by atoms with van der Waals surface area (Å²) in [5.74, 6) is -0.309. The molecule has 7 heteroatoms. The molecular formula is C18H20N4O3. The molecule has 25 heavy (non-hydrogen) atoms. The highest BCUT2D eigenvalue weighted by Gasteiger charge is 2.36. The largest absolute Gasteiger partial charge is 0.390 e. The van der Waals surface area contributed by atoms with E-state index >= 15 is 0 Å². The fraction of sp³-hybridized carbons (Fsp3) is 0.389. The maximum Gasteiger partial charge on any atom is 0.259 e. The predicted molar refractivity (Wildman–Crippen MR) is 93.7 cm³/mol. The van der Waals surface area contributed by atoms with Crippen molar-refractivity contribution < 1.29 is 9.90 Å². The SMILES string of the molecule is CC(CC1(O)CCC1)NC(=O)c1cnn2c1[nH]c(=O)c1ccccc12. The molecule has 0 bridgehead atoms. The zero-order valence-electron chi connectivity index (χ0n) is 14.0. The normalized spacial score (nSPS) is 17.4. The van der Waals surface area contributed by atoms with Gasteiger partial charge in [-0.3, -0.25) is 9.59 Å². The van der Waals surface area contributed by atoms with Crippen LogP contribution in [0.3, 0.4) is 0 Å². The van der Waals surface area contributed by atoms with Crippen molar-refractivity contribution in [1.82, 2.24) is 19.9 Å². The van der Waals surface area contributed by atoms with Gasteiger partial charge in [-0.05, 0) is 44.7 Å². The third-order valence-electron chi connectivity index (χ3n) is 4.97. The molecule has 0 radical (unpaired) electrons. The van der Waals surface area contributed by atoms with Gasteiger partial charge in [-0.1, -0.05) is 12.1 Å². The summed E-state index contributed by atoms with van der Waals surface area (Å²) >= 11 is 0. The molecule has 0 saturated heterocycles. The molecular weight excluding hydrogens is 320 g/mol. The summed E-state index contributed by atoms with van der Waals surface area (Å²) < 4.78 is 1.57. The Morgan fingerprint density at radius 3 is 2.92 bits per heavy atom. The maximum absolute atomic E-state index is 12.6. The molecule has 1 aliphatic rings. The van der Waals surface area contributed by atoms with Crippen LogP contribution in [0.25, 0.3) is 16.6 Å². The minimum absolute atomic E-state index is 0.167. The van der Waals surface area contributed by atoms with E-state index in [0.29, 0.717) is 28.5 Å². The van der Waals surface area contributed by atoms with Gasteiger partial charge in [0.2, 0.25) is 0 Å².